The third-order valence-electron chi connectivity index (χ3n) is 4.92. The van der Waals surface area contributed by atoms with E-state index in [1.165, 1.54) is 24.3 Å². The van der Waals surface area contributed by atoms with Crippen LogP contribution in [0.1, 0.15) is 22.7 Å². The summed E-state index contributed by atoms with van der Waals surface area (Å²) in [5, 5.41) is 21.0. The fourth-order valence-electron chi connectivity index (χ4n) is 3.04. The number of carbonyl (C=O) groups excluding carboxylic acids is 3. The number of anilines is 1. The Labute approximate surface area is 181 Å². The van der Waals surface area contributed by atoms with Crippen molar-refractivity contribution in [2.75, 3.05) is 12.4 Å². The van der Waals surface area contributed by atoms with Gasteiger partial charge in [-0.1, -0.05) is 0 Å². The zero-order chi connectivity index (χ0) is 23.6. The maximum atomic E-state index is 12.8. The predicted octanol–water partition coefficient (Wildman–Crippen LogP) is 0.408. The Morgan fingerprint density at radius 1 is 1.16 bits per heavy atom. The van der Waals surface area contributed by atoms with Crippen LogP contribution >= 0.6 is 0 Å². The molecule has 0 aliphatic carbocycles. The minimum Gasteiger partial charge on any atom is -0.595 e. The number of quaternary nitrogens is 1. The number of nitrogens with one attached hydrogen (secondary N) is 3. The summed E-state index contributed by atoms with van der Waals surface area (Å²) in [6.45, 7) is 3.70. The van der Waals surface area contributed by atoms with Gasteiger partial charge in [0.15, 0.2) is 11.6 Å². The highest BCUT2D eigenvalue weighted by Crippen LogP contribution is 2.20. The van der Waals surface area contributed by atoms with Crippen molar-refractivity contribution in [1.82, 2.24) is 9.97 Å². The molecular weight excluding hydrogens is 420 g/mol. The van der Waals surface area contributed by atoms with Crippen molar-refractivity contribution in [3.05, 3.63) is 68.8 Å². The number of ketones is 1. The maximum absolute atomic E-state index is 12.8. The van der Waals surface area contributed by atoms with Gasteiger partial charge < -0.3 is 20.2 Å². The summed E-state index contributed by atoms with van der Waals surface area (Å²) in [7, 11) is 1.02. The van der Waals surface area contributed by atoms with E-state index < -0.39 is 40.1 Å². The first-order valence-electron chi connectivity index (χ1n) is 9.40. The van der Waals surface area contributed by atoms with Gasteiger partial charge in [-0.3, -0.25) is 19.2 Å². The van der Waals surface area contributed by atoms with E-state index in [4.69, 9.17) is 5.21 Å². The van der Waals surface area contributed by atoms with Crippen LogP contribution < -0.4 is 16.1 Å². The van der Waals surface area contributed by atoms with Crippen molar-refractivity contribution in [3.63, 3.8) is 0 Å². The number of esters is 1. The molecule has 0 aliphatic rings. The lowest BCUT2D eigenvalue weighted by atomic mass is 9.99. The summed E-state index contributed by atoms with van der Waals surface area (Å²) in [6.07, 6.45) is 0. The predicted molar refractivity (Wildman–Crippen MR) is 112 cm³/mol. The van der Waals surface area contributed by atoms with E-state index in [-0.39, 0.29) is 11.4 Å². The molecule has 3 aromatic rings. The molecule has 2 aromatic carbocycles. The van der Waals surface area contributed by atoms with Crippen LogP contribution in [0.15, 0.2) is 41.2 Å². The van der Waals surface area contributed by atoms with E-state index in [9.17, 15) is 24.4 Å². The normalized spacial score (nSPS) is 12.8. The number of H-pyrrole nitrogens is 1. The highest BCUT2D eigenvalue weighted by molar-refractivity contribution is 6.45. The summed E-state index contributed by atoms with van der Waals surface area (Å²) in [5.41, 5.74) is 1.40. The number of ether oxygens (including phenoxy) is 1. The van der Waals surface area contributed by atoms with Crippen LogP contribution in [-0.2, 0) is 19.1 Å². The molecule has 0 spiro atoms. The molecule has 2 atom stereocenters. The largest absolute Gasteiger partial charge is 0.595 e. The lowest BCUT2D eigenvalue weighted by Gasteiger charge is -2.14. The summed E-state index contributed by atoms with van der Waals surface area (Å²) in [6, 6.07) is 8.44. The first kappa shape index (κ1) is 22.7. The Balaban J connectivity index is 1.97. The number of rotatable bonds is 6. The van der Waals surface area contributed by atoms with E-state index in [0.29, 0.717) is 11.0 Å². The molecule has 4 N–H and O–H groups in total. The topological polar surface area (TPSA) is 166 Å². The van der Waals surface area contributed by atoms with E-state index in [1.54, 1.807) is 12.1 Å². The first-order chi connectivity index (χ1) is 15.1. The molecule has 0 saturated heterocycles. The lowest BCUT2D eigenvalue weighted by molar-refractivity contribution is -0.991. The van der Waals surface area contributed by atoms with E-state index >= 15 is 0 Å². The second kappa shape index (κ2) is 9.06. The van der Waals surface area contributed by atoms with E-state index in [2.05, 4.69) is 20.0 Å². The van der Waals surface area contributed by atoms with Gasteiger partial charge in [0, 0.05) is 17.8 Å². The summed E-state index contributed by atoms with van der Waals surface area (Å²) in [5.74, 6) is -5.44. The molecule has 0 radical (unpaired) electrons. The van der Waals surface area contributed by atoms with Gasteiger partial charge in [0.2, 0.25) is 5.78 Å². The van der Waals surface area contributed by atoms with Gasteiger partial charge in [-0.15, -0.1) is 0 Å². The van der Waals surface area contributed by atoms with Gasteiger partial charge in [-0.25, -0.2) is 10.2 Å². The quantitative estimate of drug-likeness (QED) is 0.185. The number of aromatic amines is 1. The second-order valence-corrected chi connectivity index (χ2v) is 7.06. The molecule has 3 rings (SSSR count). The zero-order valence-electron chi connectivity index (χ0n) is 17.4. The van der Waals surface area contributed by atoms with Crippen molar-refractivity contribution in [1.29, 1.82) is 0 Å². The zero-order valence-corrected chi connectivity index (χ0v) is 17.4. The Kier molecular flexibility index (Phi) is 6.44. The average Bonchev–Trinajstić information content (AvgIpc) is 2.75. The van der Waals surface area contributed by atoms with Crippen molar-refractivity contribution in [3.8, 4) is 0 Å². The Hall–Kier alpha value is -3.93. The number of aromatic nitrogens is 2. The van der Waals surface area contributed by atoms with Gasteiger partial charge in [-0.2, -0.15) is 5.23 Å². The van der Waals surface area contributed by atoms with Gasteiger partial charge in [0.1, 0.15) is 5.69 Å². The molecule has 11 heteroatoms. The molecule has 1 heterocycles. The van der Waals surface area contributed by atoms with Gasteiger partial charge in [0.25, 0.3) is 11.5 Å². The minimum atomic E-state index is -1.88. The van der Waals surface area contributed by atoms with Crippen LogP contribution in [0.25, 0.3) is 11.0 Å². The van der Waals surface area contributed by atoms with Gasteiger partial charge in [0.05, 0.1) is 18.1 Å². The fraction of sp³-hybridized carbons (Fsp3) is 0.190. The number of nitrogens with zero attached hydrogens (tertiary/aromatic N) is 1. The third-order valence-corrected chi connectivity index (χ3v) is 4.92. The number of fused-ring (bicyclic) bond motifs is 1. The summed E-state index contributed by atoms with van der Waals surface area (Å²) < 4.78 is 4.64. The Morgan fingerprint density at radius 2 is 1.78 bits per heavy atom. The average molecular weight is 440 g/mol. The van der Waals surface area contributed by atoms with Crippen molar-refractivity contribution in [2.24, 2.45) is 0 Å². The number of methoxy groups -OCH3 is 1. The van der Waals surface area contributed by atoms with Crippen LogP contribution in [0, 0.1) is 19.1 Å². The standard InChI is InChI=1S/C21H20N4O7/c1-10-8-14-15(9-11(10)2)24-19(27)17(23-14)16(21(29)32-3)18(26)20(28)22-12-4-6-13(7-5-12)25(30)31/h4-9,16,25,30H,1-3H3,(H,22,28)(H,24,27). The van der Waals surface area contributed by atoms with Crippen LogP contribution in [-0.4, -0.2) is 39.9 Å². The number of hydrogen-bond donors (Lipinski definition) is 4. The molecule has 0 aliphatic heterocycles. The number of aryl methyl sites for hydroxylation is 2. The van der Waals surface area contributed by atoms with Crippen molar-refractivity contribution >= 4 is 40.1 Å². The summed E-state index contributed by atoms with van der Waals surface area (Å²) in [4.78, 5) is 57.1. The number of Topliss-reactive ketones (excluding diaryl/α,β-unsaturated/α-hetero) is 1. The Bertz CT molecular complexity index is 1270. The number of hydrogen-bond acceptors (Lipinski definition) is 8. The number of carbonyl (C=O) groups is 3. The number of amides is 1. The highest BCUT2D eigenvalue weighted by atomic mass is 16.8. The van der Waals surface area contributed by atoms with Gasteiger partial charge in [-0.05, 0) is 49.2 Å². The second-order valence-electron chi connectivity index (χ2n) is 7.06. The molecule has 1 amide bonds. The molecule has 11 nitrogen and oxygen atoms in total. The van der Waals surface area contributed by atoms with E-state index in [0.717, 1.165) is 18.2 Å². The molecule has 0 bridgehead atoms. The van der Waals surface area contributed by atoms with Gasteiger partial charge >= 0.3 is 5.97 Å². The number of benzene rings is 2. The lowest BCUT2D eigenvalue weighted by Crippen LogP contribution is -2.99. The molecule has 2 unspecified atom stereocenters. The first-order valence-corrected chi connectivity index (χ1v) is 9.40. The third kappa shape index (κ3) is 4.54. The molecule has 1 aromatic heterocycles. The van der Waals surface area contributed by atoms with Crippen LogP contribution in [0.5, 0.6) is 0 Å². The van der Waals surface area contributed by atoms with E-state index in [1.807, 2.05) is 13.8 Å². The molecule has 166 valence electrons. The SMILES string of the molecule is COC(=O)C(C(=O)C(=O)Nc1ccc([NH+]([O-])O)cc1)c1nc2cc(C)c(C)cc2[nH]c1=O. The molecule has 0 fully saturated rings. The van der Waals surface area contributed by atoms with Crippen LogP contribution in [0.2, 0.25) is 0 Å². The highest BCUT2D eigenvalue weighted by Gasteiger charge is 2.37. The minimum absolute atomic E-state index is 0.0146. The molecular formula is C21H20N4O7. The molecule has 32 heavy (non-hydrogen) atoms. The monoisotopic (exact) mass is 440 g/mol. The molecule has 0 saturated carbocycles. The Morgan fingerprint density at radius 3 is 2.38 bits per heavy atom. The fourth-order valence-corrected chi connectivity index (χ4v) is 3.04. The maximum Gasteiger partial charge on any atom is 0.323 e. The van der Waals surface area contributed by atoms with Crippen LogP contribution in [0.4, 0.5) is 11.4 Å². The smallest absolute Gasteiger partial charge is 0.323 e. The summed E-state index contributed by atoms with van der Waals surface area (Å²) >= 11 is 0. The van der Waals surface area contributed by atoms with Crippen LogP contribution in [0.3, 0.4) is 0 Å². The van der Waals surface area contributed by atoms with Crippen molar-refractivity contribution < 1.29 is 29.6 Å². The van der Waals surface area contributed by atoms with Crippen molar-refractivity contribution in [2.45, 2.75) is 19.8 Å².